The van der Waals surface area contributed by atoms with E-state index in [1.807, 2.05) is 41.3 Å². The summed E-state index contributed by atoms with van der Waals surface area (Å²) in [6, 6.07) is 15.9. The molecular weight excluding hydrogens is 490 g/mol. The molecule has 9 heteroatoms. The standard InChI is InChI=1S/C30H33N7O2/c31-18-22-8-11-28(34-19-22)36-13-3-4-23(12-15-36)35-27-17-24(33-20-26(27)30(32)39)16-21-6-9-25(10-7-21)37-14-2-1-5-29(37)38/h6-11,17,19-20,23H,1-5,12-16H2,(H2,32,39)(H,33,35). The monoisotopic (exact) mass is 523 g/mol. The predicted molar refractivity (Wildman–Crippen MR) is 151 cm³/mol. The van der Waals surface area contributed by atoms with Crippen molar-refractivity contribution in [1.82, 2.24) is 9.97 Å². The van der Waals surface area contributed by atoms with Crippen LogP contribution in [0.25, 0.3) is 0 Å². The first kappa shape index (κ1) is 26.2. The van der Waals surface area contributed by atoms with E-state index in [1.165, 1.54) is 0 Å². The molecule has 200 valence electrons. The fourth-order valence-corrected chi connectivity index (χ4v) is 5.32. The summed E-state index contributed by atoms with van der Waals surface area (Å²) < 4.78 is 0. The average Bonchev–Trinajstić information content (AvgIpc) is 3.19. The Morgan fingerprint density at radius 3 is 2.59 bits per heavy atom. The molecule has 0 radical (unpaired) electrons. The number of nitriles is 1. The van der Waals surface area contributed by atoms with Gasteiger partial charge in [0.25, 0.3) is 5.91 Å². The molecule has 4 heterocycles. The minimum Gasteiger partial charge on any atom is -0.381 e. The Kier molecular flexibility index (Phi) is 8.02. The van der Waals surface area contributed by atoms with E-state index in [9.17, 15) is 9.59 Å². The Morgan fingerprint density at radius 2 is 1.87 bits per heavy atom. The molecule has 2 amide bonds. The highest BCUT2D eigenvalue weighted by Gasteiger charge is 2.21. The smallest absolute Gasteiger partial charge is 0.252 e. The van der Waals surface area contributed by atoms with Crippen LogP contribution in [0.1, 0.15) is 65.7 Å². The lowest BCUT2D eigenvalue weighted by molar-refractivity contribution is -0.119. The Labute approximate surface area is 228 Å². The van der Waals surface area contributed by atoms with Crippen molar-refractivity contribution in [3.05, 3.63) is 77.2 Å². The zero-order valence-corrected chi connectivity index (χ0v) is 22.0. The number of nitrogens with one attached hydrogen (secondary N) is 1. The normalized spacial score (nSPS) is 17.8. The molecule has 0 bridgehead atoms. The van der Waals surface area contributed by atoms with Crippen molar-refractivity contribution in [2.24, 2.45) is 5.73 Å². The van der Waals surface area contributed by atoms with Crippen molar-refractivity contribution in [2.75, 3.05) is 34.8 Å². The molecule has 2 fully saturated rings. The summed E-state index contributed by atoms with van der Waals surface area (Å²) in [4.78, 5) is 37.5. The molecule has 0 spiro atoms. The van der Waals surface area contributed by atoms with Crippen molar-refractivity contribution >= 4 is 29.0 Å². The lowest BCUT2D eigenvalue weighted by Gasteiger charge is -2.26. The quantitative estimate of drug-likeness (QED) is 0.478. The van der Waals surface area contributed by atoms with Gasteiger partial charge in [-0.1, -0.05) is 12.1 Å². The molecule has 3 N–H and O–H groups in total. The number of anilines is 3. The molecule has 2 aliphatic rings. The largest absolute Gasteiger partial charge is 0.381 e. The van der Waals surface area contributed by atoms with Gasteiger partial charge in [0.2, 0.25) is 5.91 Å². The number of rotatable bonds is 7. The third-order valence-corrected chi connectivity index (χ3v) is 7.47. The number of nitrogens with zero attached hydrogens (tertiary/aromatic N) is 5. The average molecular weight is 524 g/mol. The zero-order chi connectivity index (χ0) is 27.2. The van der Waals surface area contributed by atoms with Crippen molar-refractivity contribution in [3.63, 3.8) is 0 Å². The van der Waals surface area contributed by atoms with Crippen molar-refractivity contribution in [3.8, 4) is 6.07 Å². The fourth-order valence-electron chi connectivity index (χ4n) is 5.32. The molecule has 1 atom stereocenters. The number of carbonyl (C=O) groups is 2. The van der Waals surface area contributed by atoms with Crippen LogP contribution < -0.4 is 20.9 Å². The summed E-state index contributed by atoms with van der Waals surface area (Å²) in [7, 11) is 0. The van der Waals surface area contributed by atoms with E-state index in [1.54, 1.807) is 18.5 Å². The first-order chi connectivity index (χ1) is 19.0. The van der Waals surface area contributed by atoms with Gasteiger partial charge in [0.05, 0.1) is 16.8 Å². The summed E-state index contributed by atoms with van der Waals surface area (Å²) in [6.07, 6.45) is 9.15. The van der Waals surface area contributed by atoms with Crippen molar-refractivity contribution < 1.29 is 9.59 Å². The highest BCUT2D eigenvalue weighted by atomic mass is 16.2. The number of benzene rings is 1. The zero-order valence-electron chi connectivity index (χ0n) is 22.0. The number of hydrogen-bond acceptors (Lipinski definition) is 7. The molecule has 1 unspecified atom stereocenters. The molecule has 39 heavy (non-hydrogen) atoms. The van der Waals surface area contributed by atoms with E-state index in [0.29, 0.717) is 29.7 Å². The molecule has 0 saturated carbocycles. The topological polar surface area (TPSA) is 128 Å². The predicted octanol–water partition coefficient (Wildman–Crippen LogP) is 4.03. The second-order valence-electron chi connectivity index (χ2n) is 10.2. The van der Waals surface area contributed by atoms with Crippen LogP contribution >= 0.6 is 0 Å². The lowest BCUT2D eigenvalue weighted by atomic mass is 10.0. The van der Waals surface area contributed by atoms with Crippen LogP contribution in [0.2, 0.25) is 0 Å². The van der Waals surface area contributed by atoms with Crippen LogP contribution in [0.15, 0.2) is 54.9 Å². The Balaban J connectivity index is 1.26. The third kappa shape index (κ3) is 6.34. The van der Waals surface area contributed by atoms with Crippen LogP contribution in [0.3, 0.4) is 0 Å². The summed E-state index contributed by atoms with van der Waals surface area (Å²) in [5.74, 6) is 0.543. The Hall–Kier alpha value is -4.45. The first-order valence-corrected chi connectivity index (χ1v) is 13.6. The number of aromatic nitrogens is 2. The number of primary amides is 1. The van der Waals surface area contributed by atoms with E-state index in [0.717, 1.165) is 74.5 Å². The number of carbonyl (C=O) groups excluding carboxylic acids is 2. The minimum atomic E-state index is -0.510. The second kappa shape index (κ2) is 11.9. The van der Waals surface area contributed by atoms with Gasteiger partial charge in [-0.15, -0.1) is 0 Å². The number of hydrogen-bond donors (Lipinski definition) is 2. The maximum Gasteiger partial charge on any atom is 0.252 e. The fraction of sp³-hybridized carbons (Fsp3) is 0.367. The van der Waals surface area contributed by atoms with Gasteiger partial charge in [-0.3, -0.25) is 14.6 Å². The number of piperidine rings is 1. The van der Waals surface area contributed by atoms with Crippen LogP contribution in [-0.2, 0) is 11.2 Å². The highest BCUT2D eigenvalue weighted by Crippen LogP contribution is 2.25. The lowest BCUT2D eigenvalue weighted by Crippen LogP contribution is -2.35. The number of nitrogens with two attached hydrogens (primary N) is 1. The summed E-state index contributed by atoms with van der Waals surface area (Å²) in [5.41, 5.74) is 10.2. The van der Waals surface area contributed by atoms with Crippen molar-refractivity contribution in [2.45, 2.75) is 51.0 Å². The summed E-state index contributed by atoms with van der Waals surface area (Å²) in [5, 5.41) is 12.6. The van der Waals surface area contributed by atoms with Gasteiger partial charge >= 0.3 is 0 Å². The van der Waals surface area contributed by atoms with E-state index in [2.05, 4.69) is 26.3 Å². The maximum atomic E-state index is 12.2. The SMILES string of the molecule is N#Cc1ccc(N2CCCC(Nc3cc(Cc4ccc(N5CCCCC5=O)cc4)ncc3C(N)=O)CC2)nc1. The van der Waals surface area contributed by atoms with Gasteiger partial charge in [-0.25, -0.2) is 4.98 Å². The highest BCUT2D eigenvalue weighted by molar-refractivity contribution is 5.98. The maximum absolute atomic E-state index is 12.2. The van der Waals surface area contributed by atoms with E-state index in [-0.39, 0.29) is 11.9 Å². The molecule has 2 saturated heterocycles. The van der Waals surface area contributed by atoms with Crippen LogP contribution in [0.4, 0.5) is 17.2 Å². The van der Waals surface area contributed by atoms with Crippen molar-refractivity contribution in [1.29, 1.82) is 5.26 Å². The molecule has 2 aliphatic heterocycles. The molecule has 3 aromatic rings. The van der Waals surface area contributed by atoms with Crippen LogP contribution in [0, 0.1) is 11.3 Å². The third-order valence-electron chi connectivity index (χ3n) is 7.47. The van der Waals surface area contributed by atoms with Gasteiger partial charge in [-0.05, 0) is 68.0 Å². The minimum absolute atomic E-state index is 0.170. The molecule has 5 rings (SSSR count). The Morgan fingerprint density at radius 1 is 1.03 bits per heavy atom. The molecule has 0 aliphatic carbocycles. The molecule has 2 aromatic heterocycles. The van der Waals surface area contributed by atoms with E-state index < -0.39 is 5.91 Å². The summed E-state index contributed by atoms with van der Waals surface area (Å²) in [6.45, 7) is 2.46. The van der Waals surface area contributed by atoms with Crippen LogP contribution in [-0.4, -0.2) is 47.5 Å². The molecular formula is C30H33N7O2. The second-order valence-corrected chi connectivity index (χ2v) is 10.2. The van der Waals surface area contributed by atoms with Gasteiger partial charge in [0.1, 0.15) is 11.9 Å². The van der Waals surface area contributed by atoms with Gasteiger partial charge < -0.3 is 20.9 Å². The van der Waals surface area contributed by atoms with E-state index >= 15 is 0 Å². The molecule has 1 aromatic carbocycles. The van der Waals surface area contributed by atoms with Crippen LogP contribution in [0.5, 0.6) is 0 Å². The van der Waals surface area contributed by atoms with E-state index in [4.69, 9.17) is 11.0 Å². The van der Waals surface area contributed by atoms with Gasteiger partial charge in [0, 0.05) is 62.3 Å². The van der Waals surface area contributed by atoms with Gasteiger partial charge in [0.15, 0.2) is 0 Å². The Bertz CT molecular complexity index is 1370. The first-order valence-electron chi connectivity index (χ1n) is 13.6. The number of pyridine rings is 2. The van der Waals surface area contributed by atoms with Gasteiger partial charge in [-0.2, -0.15) is 5.26 Å². The summed E-state index contributed by atoms with van der Waals surface area (Å²) >= 11 is 0. The molecule has 9 nitrogen and oxygen atoms in total. The number of amides is 2.